The largest absolute Gasteiger partial charge is 0.309 e. The molecule has 0 bridgehead atoms. The van der Waals surface area contributed by atoms with Crippen molar-refractivity contribution in [2.24, 2.45) is 20.0 Å². The first-order valence-electron chi connectivity index (χ1n) is 5.58. The normalized spacial score (nSPS) is 8.71. The quantitative estimate of drug-likeness (QED) is 0.484. The lowest BCUT2D eigenvalue weighted by molar-refractivity contribution is 0.403. The molecule has 0 aromatic carbocycles. The molecular weight excluding hydrogens is 238 g/mol. The Morgan fingerprint density at radius 1 is 0.882 bits per heavy atom. The predicted molar refractivity (Wildman–Crippen MR) is 75.3 cm³/mol. The molecule has 0 amide bonds. The first kappa shape index (κ1) is 18.4. The Hall–Kier alpha value is -0.990. The maximum Gasteiger partial charge on any atom is 0.0893 e. The summed E-state index contributed by atoms with van der Waals surface area (Å²) in [5.41, 5.74) is 0. The van der Waals surface area contributed by atoms with Crippen molar-refractivity contribution in [3.8, 4) is 0 Å². The lowest BCUT2D eigenvalue weighted by Gasteiger charge is -2.05. The van der Waals surface area contributed by atoms with Crippen molar-refractivity contribution in [2.45, 2.75) is 13.3 Å². The molecule has 0 aliphatic carbocycles. The Morgan fingerprint density at radius 2 is 1.41 bits per heavy atom. The summed E-state index contributed by atoms with van der Waals surface area (Å²) in [6.07, 6.45) is 1.04. The highest BCUT2D eigenvalue weighted by Gasteiger charge is 1.86. The topological polar surface area (TPSA) is 52.7 Å². The number of halogens is 1. The fourth-order valence-electron chi connectivity index (χ4n) is 0.887. The van der Waals surface area contributed by atoms with Crippen molar-refractivity contribution in [3.63, 3.8) is 0 Å². The maximum absolute atomic E-state index is 4.05. The van der Waals surface area contributed by atoms with Gasteiger partial charge < -0.3 is 4.90 Å². The summed E-state index contributed by atoms with van der Waals surface area (Å²) in [7, 11) is 4.10. The molecule has 98 valence electrons. The van der Waals surface area contributed by atoms with Crippen molar-refractivity contribution in [1.82, 2.24) is 4.90 Å². The summed E-state index contributed by atoms with van der Waals surface area (Å²) in [5, 5.41) is 0. The molecule has 0 atom stereocenters. The van der Waals surface area contributed by atoms with Crippen LogP contribution in [0.4, 0.5) is 0 Å². The third kappa shape index (κ3) is 17.6. The van der Waals surface area contributed by atoms with Crippen LogP contribution in [0, 0.1) is 0 Å². The molecule has 6 heteroatoms. The molecule has 0 saturated heterocycles. The number of aliphatic imine (C=N–C) groups is 4. The molecule has 0 aromatic rings. The van der Waals surface area contributed by atoms with E-state index in [1.807, 2.05) is 21.0 Å². The smallest absolute Gasteiger partial charge is 0.0893 e. The van der Waals surface area contributed by atoms with Gasteiger partial charge >= 0.3 is 0 Å². The van der Waals surface area contributed by atoms with Crippen LogP contribution < -0.4 is 0 Å². The number of rotatable bonds is 8. The molecule has 0 heterocycles. The van der Waals surface area contributed by atoms with Crippen LogP contribution in [-0.4, -0.2) is 63.7 Å². The molecule has 0 radical (unpaired) electrons. The lowest BCUT2D eigenvalue weighted by Crippen LogP contribution is -2.13. The second kappa shape index (κ2) is 15.0. The van der Waals surface area contributed by atoms with Gasteiger partial charge in [-0.1, -0.05) is 0 Å². The van der Waals surface area contributed by atoms with Gasteiger partial charge in [0.05, 0.1) is 31.7 Å². The van der Waals surface area contributed by atoms with Crippen LogP contribution in [0.5, 0.6) is 0 Å². The van der Waals surface area contributed by atoms with E-state index in [0.717, 1.165) is 26.1 Å². The standard InChI is InChI=1S/C11H21N5.ClH/c1-4-12-10-14-7-8-15-11-13-6-5-9-16(2)3;/h4-9H2,1-3H3;1H. The summed E-state index contributed by atoms with van der Waals surface area (Å²) < 4.78 is 0. The maximum atomic E-state index is 4.05. The van der Waals surface area contributed by atoms with E-state index in [9.17, 15) is 0 Å². The van der Waals surface area contributed by atoms with Crippen molar-refractivity contribution in [3.05, 3.63) is 0 Å². The minimum Gasteiger partial charge on any atom is -0.309 e. The van der Waals surface area contributed by atoms with Gasteiger partial charge in [-0.15, -0.1) is 12.4 Å². The van der Waals surface area contributed by atoms with E-state index < -0.39 is 0 Å². The monoisotopic (exact) mass is 259 g/mol. The molecule has 0 aliphatic heterocycles. The summed E-state index contributed by atoms with van der Waals surface area (Å²) in [4.78, 5) is 17.9. The molecule has 0 unspecified atom stereocenters. The minimum absolute atomic E-state index is 0. The van der Waals surface area contributed by atoms with Crippen molar-refractivity contribution >= 4 is 24.4 Å². The molecule has 0 N–H and O–H groups in total. The summed E-state index contributed by atoms with van der Waals surface area (Å²) >= 11 is 0. The SMILES string of the molecule is CCN=C=NCCN=C=NCCCN(C)C.Cl. The Morgan fingerprint density at radius 3 is 1.94 bits per heavy atom. The van der Waals surface area contributed by atoms with Gasteiger partial charge in [0.15, 0.2) is 0 Å². The molecular formula is C11H22ClN5. The van der Waals surface area contributed by atoms with Crippen molar-refractivity contribution in [1.29, 1.82) is 0 Å². The van der Waals surface area contributed by atoms with E-state index in [-0.39, 0.29) is 12.4 Å². The zero-order valence-electron chi connectivity index (χ0n) is 10.9. The Bertz CT molecular complexity index is 276. The lowest BCUT2D eigenvalue weighted by atomic mass is 10.4. The molecule has 0 rings (SSSR count). The van der Waals surface area contributed by atoms with E-state index >= 15 is 0 Å². The van der Waals surface area contributed by atoms with Crippen LogP contribution in [0.25, 0.3) is 0 Å². The predicted octanol–water partition coefficient (Wildman–Crippen LogP) is 1.73. The third-order valence-corrected chi connectivity index (χ3v) is 1.64. The van der Waals surface area contributed by atoms with Gasteiger partial charge in [0.1, 0.15) is 0 Å². The molecule has 5 nitrogen and oxygen atoms in total. The Balaban J connectivity index is 0. The highest BCUT2D eigenvalue weighted by atomic mass is 35.5. The molecule has 0 spiro atoms. The number of hydrogen-bond acceptors (Lipinski definition) is 5. The summed E-state index contributed by atoms with van der Waals surface area (Å²) in [5.74, 6) is 0. The first-order chi connectivity index (χ1) is 7.77. The molecule has 0 aliphatic rings. The molecule has 0 fully saturated rings. The van der Waals surface area contributed by atoms with Crippen molar-refractivity contribution < 1.29 is 0 Å². The van der Waals surface area contributed by atoms with E-state index in [0.29, 0.717) is 13.1 Å². The van der Waals surface area contributed by atoms with E-state index in [2.05, 4.69) is 36.9 Å². The average molecular weight is 260 g/mol. The van der Waals surface area contributed by atoms with E-state index in [4.69, 9.17) is 0 Å². The van der Waals surface area contributed by atoms with Gasteiger partial charge in [-0.2, -0.15) is 0 Å². The van der Waals surface area contributed by atoms with Gasteiger partial charge in [-0.3, -0.25) is 0 Å². The summed E-state index contributed by atoms with van der Waals surface area (Å²) in [6, 6.07) is 5.25. The Labute approximate surface area is 110 Å². The van der Waals surface area contributed by atoms with Crippen molar-refractivity contribution in [2.75, 3.05) is 46.8 Å². The van der Waals surface area contributed by atoms with Gasteiger partial charge in [-0.05, 0) is 34.0 Å². The van der Waals surface area contributed by atoms with E-state index in [1.54, 1.807) is 0 Å². The second-order valence-corrected chi connectivity index (χ2v) is 3.48. The number of hydrogen-bond donors (Lipinski definition) is 0. The van der Waals surface area contributed by atoms with Gasteiger partial charge in [0.2, 0.25) is 0 Å². The first-order valence-corrected chi connectivity index (χ1v) is 5.58. The van der Waals surface area contributed by atoms with E-state index in [1.165, 1.54) is 0 Å². The van der Waals surface area contributed by atoms with Crippen LogP contribution in [0.3, 0.4) is 0 Å². The fourth-order valence-corrected chi connectivity index (χ4v) is 0.887. The molecule has 0 saturated carbocycles. The van der Waals surface area contributed by atoms with Gasteiger partial charge in [-0.25, -0.2) is 20.0 Å². The zero-order valence-corrected chi connectivity index (χ0v) is 11.7. The minimum atomic E-state index is 0. The van der Waals surface area contributed by atoms with Gasteiger partial charge in [0, 0.05) is 6.54 Å². The zero-order chi connectivity index (χ0) is 12.1. The highest BCUT2D eigenvalue weighted by Crippen LogP contribution is 1.82. The van der Waals surface area contributed by atoms with Crippen LogP contribution in [0.1, 0.15) is 13.3 Å². The van der Waals surface area contributed by atoms with Crippen LogP contribution in [-0.2, 0) is 0 Å². The van der Waals surface area contributed by atoms with Crippen LogP contribution >= 0.6 is 12.4 Å². The number of nitrogens with zero attached hydrogens (tertiary/aromatic N) is 5. The summed E-state index contributed by atoms with van der Waals surface area (Å²) in [6.45, 7) is 5.69. The van der Waals surface area contributed by atoms with Crippen LogP contribution in [0.15, 0.2) is 20.0 Å². The van der Waals surface area contributed by atoms with Gasteiger partial charge in [0.25, 0.3) is 0 Å². The third-order valence-electron chi connectivity index (χ3n) is 1.64. The average Bonchev–Trinajstić information content (AvgIpc) is 2.25. The Kier molecular flexibility index (Phi) is 16.2. The highest BCUT2D eigenvalue weighted by molar-refractivity contribution is 5.85. The van der Waals surface area contributed by atoms with Crippen LogP contribution in [0.2, 0.25) is 0 Å². The second-order valence-electron chi connectivity index (χ2n) is 3.48. The molecule has 0 aromatic heterocycles. The molecule has 17 heavy (non-hydrogen) atoms. The fraction of sp³-hybridized carbons (Fsp3) is 0.818.